The molecule has 1 aromatic heterocycles. The third-order valence-electron chi connectivity index (χ3n) is 5.46. The third kappa shape index (κ3) is 2.82. The minimum absolute atomic E-state index is 0.00289. The van der Waals surface area contributed by atoms with Gasteiger partial charge in [0.1, 0.15) is 22.8 Å². The summed E-state index contributed by atoms with van der Waals surface area (Å²) in [6.45, 7) is 8.08. The van der Waals surface area contributed by atoms with Crippen LogP contribution in [-0.4, -0.2) is 20.8 Å². The van der Waals surface area contributed by atoms with Gasteiger partial charge < -0.3 is 19.9 Å². The molecule has 0 fully saturated rings. The van der Waals surface area contributed by atoms with Crippen molar-refractivity contribution in [1.82, 2.24) is 4.98 Å². The number of phenols is 2. The van der Waals surface area contributed by atoms with Crippen molar-refractivity contribution in [2.75, 3.05) is 0 Å². The van der Waals surface area contributed by atoms with Gasteiger partial charge in [-0.25, -0.2) is 0 Å². The Labute approximate surface area is 163 Å². The first-order chi connectivity index (χ1) is 13.2. The highest BCUT2D eigenvalue weighted by Crippen LogP contribution is 2.45. The predicted octanol–water partition coefficient (Wildman–Crippen LogP) is 4.70. The average molecular weight is 379 g/mol. The van der Waals surface area contributed by atoms with E-state index < -0.39 is 0 Å². The molecule has 1 aliphatic rings. The molecule has 2 aromatic carbocycles. The number of aromatic amines is 1. The number of aromatic nitrogens is 1. The maximum Gasteiger partial charge on any atom is 0.201 e. The van der Waals surface area contributed by atoms with E-state index >= 15 is 0 Å². The van der Waals surface area contributed by atoms with Gasteiger partial charge in [0.2, 0.25) is 5.43 Å². The molecule has 0 saturated heterocycles. The molecule has 3 N–H and O–H groups in total. The molecule has 0 amide bonds. The van der Waals surface area contributed by atoms with Gasteiger partial charge in [-0.3, -0.25) is 4.79 Å². The molecule has 5 nitrogen and oxygen atoms in total. The summed E-state index contributed by atoms with van der Waals surface area (Å²) in [5, 5.41) is 21.9. The summed E-state index contributed by atoms with van der Waals surface area (Å²) in [5.74, 6) is 0.625. The fraction of sp³-hybridized carbons (Fsp3) is 0.348. The minimum atomic E-state index is -0.355. The fourth-order valence-corrected chi connectivity index (χ4v) is 3.91. The Balaban J connectivity index is 2.18. The van der Waals surface area contributed by atoms with Gasteiger partial charge in [0, 0.05) is 11.1 Å². The van der Waals surface area contributed by atoms with Crippen molar-refractivity contribution in [2.24, 2.45) is 0 Å². The van der Waals surface area contributed by atoms with Gasteiger partial charge >= 0.3 is 0 Å². The van der Waals surface area contributed by atoms with E-state index in [0.29, 0.717) is 40.6 Å². The largest absolute Gasteiger partial charge is 0.507 e. The Morgan fingerprint density at radius 1 is 1.25 bits per heavy atom. The quantitative estimate of drug-likeness (QED) is 0.445. The SMILES string of the molecule is CC(C)=CCc1c2c(c(O)c3c(=O)c4cccc(O)c4[nH]c13)CCC(C)(C)O2. The summed E-state index contributed by atoms with van der Waals surface area (Å²) in [4.78, 5) is 16.4. The Bertz CT molecular complexity index is 1200. The Morgan fingerprint density at radius 2 is 2.00 bits per heavy atom. The molecule has 0 aliphatic carbocycles. The second-order valence-corrected chi connectivity index (χ2v) is 8.39. The van der Waals surface area contributed by atoms with Crippen LogP contribution < -0.4 is 10.2 Å². The van der Waals surface area contributed by atoms with E-state index in [2.05, 4.69) is 11.1 Å². The summed E-state index contributed by atoms with van der Waals surface area (Å²) < 4.78 is 6.28. The first kappa shape index (κ1) is 18.4. The second kappa shape index (κ2) is 6.30. The van der Waals surface area contributed by atoms with Crippen LogP contribution >= 0.6 is 0 Å². The van der Waals surface area contributed by atoms with Gasteiger partial charge in [0.15, 0.2) is 0 Å². The molecule has 5 heteroatoms. The molecule has 0 unspecified atom stereocenters. The van der Waals surface area contributed by atoms with Gasteiger partial charge in [-0.05, 0) is 59.1 Å². The zero-order valence-electron chi connectivity index (χ0n) is 16.6. The standard InChI is InChI=1S/C23H25NO4/c1-12(2)8-9-14-19-17(20(26)13-6-5-7-16(25)18(13)24-19)21(27)15-10-11-23(3,4)28-22(14)15/h5-8,25,27H,9-11H2,1-4H3,(H,24,26). The molecular weight excluding hydrogens is 354 g/mol. The topological polar surface area (TPSA) is 82.5 Å². The van der Waals surface area contributed by atoms with Crippen molar-refractivity contribution < 1.29 is 14.9 Å². The van der Waals surface area contributed by atoms with Crippen molar-refractivity contribution in [3.63, 3.8) is 0 Å². The van der Waals surface area contributed by atoms with Crippen LogP contribution in [0, 0.1) is 0 Å². The predicted molar refractivity (Wildman–Crippen MR) is 112 cm³/mol. The summed E-state index contributed by atoms with van der Waals surface area (Å²) in [5.41, 5.74) is 2.91. The first-order valence-electron chi connectivity index (χ1n) is 9.56. The number of phenolic OH excluding ortho intramolecular Hbond substituents is 2. The van der Waals surface area contributed by atoms with E-state index in [9.17, 15) is 15.0 Å². The van der Waals surface area contributed by atoms with E-state index in [-0.39, 0.29) is 27.9 Å². The number of ether oxygens (including phenoxy) is 1. The van der Waals surface area contributed by atoms with Crippen LogP contribution in [0.5, 0.6) is 17.2 Å². The molecule has 146 valence electrons. The lowest BCUT2D eigenvalue weighted by atomic mass is 9.89. The number of nitrogens with one attached hydrogen (secondary N) is 1. The van der Waals surface area contributed by atoms with Gasteiger partial charge in [-0.2, -0.15) is 0 Å². The van der Waals surface area contributed by atoms with Crippen LogP contribution in [0.1, 0.15) is 45.2 Å². The first-order valence-corrected chi connectivity index (χ1v) is 9.56. The van der Waals surface area contributed by atoms with Gasteiger partial charge in [-0.15, -0.1) is 0 Å². The van der Waals surface area contributed by atoms with Crippen molar-refractivity contribution in [2.45, 2.75) is 52.6 Å². The summed E-state index contributed by atoms with van der Waals surface area (Å²) in [6.07, 6.45) is 4.04. The van der Waals surface area contributed by atoms with Crippen LogP contribution in [0.2, 0.25) is 0 Å². The van der Waals surface area contributed by atoms with Crippen molar-refractivity contribution in [3.05, 3.63) is 51.2 Å². The lowest BCUT2D eigenvalue weighted by Crippen LogP contribution is -2.33. The number of hydrogen-bond acceptors (Lipinski definition) is 4. The lowest BCUT2D eigenvalue weighted by molar-refractivity contribution is 0.0828. The molecule has 0 spiro atoms. The van der Waals surface area contributed by atoms with E-state index in [0.717, 1.165) is 17.6 Å². The number of hydrogen-bond donors (Lipinski definition) is 3. The van der Waals surface area contributed by atoms with Gasteiger partial charge in [0.25, 0.3) is 0 Å². The highest BCUT2D eigenvalue weighted by molar-refractivity contribution is 6.00. The van der Waals surface area contributed by atoms with E-state index in [4.69, 9.17) is 4.74 Å². The number of pyridine rings is 1. The summed E-state index contributed by atoms with van der Waals surface area (Å²) >= 11 is 0. The lowest BCUT2D eigenvalue weighted by Gasteiger charge is -2.34. The van der Waals surface area contributed by atoms with Gasteiger partial charge in [0.05, 0.1) is 21.8 Å². The number of benzene rings is 2. The zero-order valence-corrected chi connectivity index (χ0v) is 16.6. The molecular formula is C23H25NO4. The number of rotatable bonds is 2. The Hall–Kier alpha value is -2.95. The van der Waals surface area contributed by atoms with Crippen molar-refractivity contribution >= 4 is 21.8 Å². The molecule has 2 heterocycles. The summed E-state index contributed by atoms with van der Waals surface area (Å²) in [6, 6.07) is 4.82. The molecule has 28 heavy (non-hydrogen) atoms. The number of allylic oxidation sites excluding steroid dienone is 2. The maximum absolute atomic E-state index is 13.2. The molecule has 0 saturated carbocycles. The van der Waals surface area contributed by atoms with E-state index in [1.54, 1.807) is 12.1 Å². The number of fused-ring (bicyclic) bond motifs is 3. The van der Waals surface area contributed by atoms with Crippen molar-refractivity contribution in [3.8, 4) is 17.2 Å². The molecule has 0 radical (unpaired) electrons. The van der Waals surface area contributed by atoms with Crippen molar-refractivity contribution in [1.29, 1.82) is 0 Å². The van der Waals surface area contributed by atoms with Crippen LogP contribution in [0.3, 0.4) is 0 Å². The minimum Gasteiger partial charge on any atom is -0.507 e. The number of H-pyrrole nitrogens is 1. The summed E-state index contributed by atoms with van der Waals surface area (Å²) in [7, 11) is 0. The Morgan fingerprint density at radius 3 is 2.71 bits per heavy atom. The monoisotopic (exact) mass is 379 g/mol. The third-order valence-corrected chi connectivity index (χ3v) is 5.46. The maximum atomic E-state index is 13.2. The van der Waals surface area contributed by atoms with Crippen LogP contribution in [0.4, 0.5) is 0 Å². The highest BCUT2D eigenvalue weighted by Gasteiger charge is 2.33. The van der Waals surface area contributed by atoms with E-state index in [1.807, 2.05) is 27.7 Å². The average Bonchev–Trinajstić information content (AvgIpc) is 2.61. The normalized spacial score (nSPS) is 15.3. The fourth-order valence-electron chi connectivity index (χ4n) is 3.91. The van der Waals surface area contributed by atoms with Crippen LogP contribution in [-0.2, 0) is 12.8 Å². The van der Waals surface area contributed by atoms with Crippen LogP contribution in [0.25, 0.3) is 21.8 Å². The number of aromatic hydroxyl groups is 2. The molecule has 0 atom stereocenters. The molecule has 0 bridgehead atoms. The Kier molecular flexibility index (Phi) is 4.14. The molecule has 3 aromatic rings. The zero-order chi connectivity index (χ0) is 20.2. The smallest absolute Gasteiger partial charge is 0.201 e. The second-order valence-electron chi connectivity index (χ2n) is 8.39. The molecule has 4 rings (SSSR count). The number of para-hydroxylation sites is 1. The van der Waals surface area contributed by atoms with Crippen LogP contribution in [0.15, 0.2) is 34.6 Å². The van der Waals surface area contributed by atoms with E-state index in [1.165, 1.54) is 6.07 Å². The van der Waals surface area contributed by atoms with Gasteiger partial charge in [-0.1, -0.05) is 17.7 Å². The molecule has 1 aliphatic heterocycles. The highest BCUT2D eigenvalue weighted by atomic mass is 16.5.